The predicted molar refractivity (Wildman–Crippen MR) is 52.1 cm³/mol. The van der Waals surface area contributed by atoms with Crippen LogP contribution in [0.15, 0.2) is 34.1 Å². The van der Waals surface area contributed by atoms with E-state index in [9.17, 15) is 8.42 Å². The van der Waals surface area contributed by atoms with Crippen LogP contribution in [0, 0.1) is 0 Å². The van der Waals surface area contributed by atoms with E-state index in [4.69, 9.17) is 11.6 Å². The first kappa shape index (κ1) is 8.78. The zero-order valence-corrected chi connectivity index (χ0v) is 8.48. The fraction of sp³-hybridized carbons (Fsp3) is 0.111. The highest BCUT2D eigenvalue weighted by Gasteiger charge is 2.31. The third-order valence-corrected chi connectivity index (χ3v) is 4.67. The molecule has 2 nitrogen and oxygen atoms in total. The smallest absolute Gasteiger partial charge is 0.204 e. The van der Waals surface area contributed by atoms with Crippen LogP contribution < -0.4 is 0 Å². The van der Waals surface area contributed by atoms with Gasteiger partial charge in [-0.15, -0.1) is 0 Å². The van der Waals surface area contributed by atoms with Crippen LogP contribution in [0.2, 0.25) is 0 Å². The third kappa shape index (κ3) is 1.04. The van der Waals surface area contributed by atoms with Crippen LogP contribution >= 0.6 is 11.6 Å². The molecule has 1 aliphatic heterocycles. The van der Waals surface area contributed by atoms with E-state index in [0.717, 1.165) is 0 Å². The Balaban J connectivity index is 2.90. The maximum atomic E-state index is 11.7. The summed E-state index contributed by atoms with van der Waals surface area (Å²) in [5.41, 5.74) is 0.613. The largest absolute Gasteiger partial charge is 0.219 e. The minimum atomic E-state index is -3.29. The Morgan fingerprint density at radius 2 is 1.85 bits per heavy atom. The average molecular weight is 215 g/mol. The number of hydrogen-bond donors (Lipinski definition) is 0. The molecule has 0 aliphatic carbocycles. The summed E-state index contributed by atoms with van der Waals surface area (Å²) < 4.78 is 23.3. The molecule has 0 saturated carbocycles. The van der Waals surface area contributed by atoms with Crippen molar-refractivity contribution in [2.75, 3.05) is 0 Å². The van der Waals surface area contributed by atoms with E-state index in [0.29, 0.717) is 15.5 Å². The van der Waals surface area contributed by atoms with Crippen LogP contribution in [0.1, 0.15) is 12.5 Å². The molecule has 0 saturated heterocycles. The lowest BCUT2D eigenvalue weighted by molar-refractivity contribution is 0.603. The number of halogens is 1. The first-order valence-electron chi connectivity index (χ1n) is 3.76. The molecule has 1 aromatic rings. The summed E-state index contributed by atoms with van der Waals surface area (Å²) in [4.78, 5) is 0.563. The van der Waals surface area contributed by atoms with Gasteiger partial charge in [0.1, 0.15) is 0 Å². The highest BCUT2D eigenvalue weighted by molar-refractivity contribution is 7.96. The Kier molecular flexibility index (Phi) is 1.75. The SMILES string of the molecule is CC1=C(Cl)c2ccccc2S1(=O)=O. The van der Waals surface area contributed by atoms with Crippen LogP contribution in [-0.4, -0.2) is 8.42 Å². The molecule has 0 amide bonds. The van der Waals surface area contributed by atoms with Crippen molar-refractivity contribution in [3.05, 3.63) is 34.7 Å². The lowest BCUT2D eigenvalue weighted by Gasteiger charge is -1.96. The van der Waals surface area contributed by atoms with Crippen LogP contribution in [-0.2, 0) is 9.84 Å². The Morgan fingerprint density at radius 1 is 1.23 bits per heavy atom. The summed E-state index contributed by atoms with van der Waals surface area (Å²) in [6.45, 7) is 1.53. The molecule has 1 aromatic carbocycles. The van der Waals surface area contributed by atoms with Gasteiger partial charge >= 0.3 is 0 Å². The monoisotopic (exact) mass is 214 g/mol. The fourth-order valence-electron chi connectivity index (χ4n) is 1.35. The van der Waals surface area contributed by atoms with E-state index < -0.39 is 9.84 Å². The second kappa shape index (κ2) is 2.59. The van der Waals surface area contributed by atoms with Gasteiger partial charge in [-0.25, -0.2) is 8.42 Å². The van der Waals surface area contributed by atoms with Crippen molar-refractivity contribution in [2.24, 2.45) is 0 Å². The van der Waals surface area contributed by atoms with E-state index in [1.165, 1.54) is 6.92 Å². The molecule has 1 aliphatic rings. The first-order chi connectivity index (χ1) is 6.05. The molecule has 0 radical (unpaired) electrons. The van der Waals surface area contributed by atoms with Gasteiger partial charge in [0.2, 0.25) is 9.84 Å². The van der Waals surface area contributed by atoms with Crippen molar-refractivity contribution in [3.8, 4) is 0 Å². The number of sulfone groups is 1. The number of fused-ring (bicyclic) bond motifs is 1. The Bertz CT molecular complexity index is 500. The molecule has 0 aromatic heterocycles. The normalized spacial score (nSPS) is 18.9. The van der Waals surface area contributed by atoms with Crippen LogP contribution in [0.4, 0.5) is 0 Å². The quantitative estimate of drug-likeness (QED) is 0.665. The molecular weight excluding hydrogens is 208 g/mol. The summed E-state index contributed by atoms with van der Waals surface area (Å²) in [7, 11) is -3.29. The summed E-state index contributed by atoms with van der Waals surface area (Å²) in [5, 5.41) is 0.343. The van der Waals surface area contributed by atoms with Gasteiger partial charge in [0.15, 0.2) is 0 Å². The maximum Gasteiger partial charge on any atom is 0.204 e. The summed E-state index contributed by atoms with van der Waals surface area (Å²) in [5.74, 6) is 0. The van der Waals surface area contributed by atoms with Gasteiger partial charge in [-0.1, -0.05) is 29.8 Å². The third-order valence-electron chi connectivity index (χ3n) is 2.13. The topological polar surface area (TPSA) is 34.1 Å². The average Bonchev–Trinajstić information content (AvgIpc) is 2.30. The second-order valence-electron chi connectivity index (χ2n) is 2.87. The van der Waals surface area contributed by atoms with E-state index in [2.05, 4.69) is 0 Å². The molecule has 68 valence electrons. The number of hydrogen-bond acceptors (Lipinski definition) is 2. The molecule has 0 N–H and O–H groups in total. The van der Waals surface area contributed by atoms with Crippen LogP contribution in [0.3, 0.4) is 0 Å². The van der Waals surface area contributed by atoms with Crippen molar-refractivity contribution in [1.29, 1.82) is 0 Å². The van der Waals surface area contributed by atoms with Crippen molar-refractivity contribution < 1.29 is 8.42 Å². The van der Waals surface area contributed by atoms with Crippen LogP contribution in [0.5, 0.6) is 0 Å². The Labute approximate surface area is 81.8 Å². The summed E-state index contributed by atoms with van der Waals surface area (Å²) in [6, 6.07) is 6.75. The molecular formula is C9H7ClO2S. The van der Waals surface area contributed by atoms with E-state index in [1.807, 2.05) is 0 Å². The molecule has 0 fully saturated rings. The van der Waals surface area contributed by atoms with Gasteiger partial charge < -0.3 is 0 Å². The van der Waals surface area contributed by atoms with Gasteiger partial charge in [0.05, 0.1) is 14.8 Å². The number of rotatable bonds is 0. The van der Waals surface area contributed by atoms with Gasteiger partial charge in [-0.05, 0) is 13.0 Å². The summed E-state index contributed by atoms with van der Waals surface area (Å²) >= 11 is 5.88. The lowest BCUT2D eigenvalue weighted by Crippen LogP contribution is -1.96. The van der Waals surface area contributed by atoms with Gasteiger partial charge in [-0.2, -0.15) is 0 Å². The van der Waals surface area contributed by atoms with Crippen molar-refractivity contribution in [2.45, 2.75) is 11.8 Å². The molecule has 0 spiro atoms. The highest BCUT2D eigenvalue weighted by Crippen LogP contribution is 2.40. The van der Waals surface area contributed by atoms with E-state index in [1.54, 1.807) is 24.3 Å². The lowest BCUT2D eigenvalue weighted by atomic mass is 10.2. The van der Waals surface area contributed by atoms with E-state index in [-0.39, 0.29) is 4.91 Å². The van der Waals surface area contributed by atoms with Crippen molar-refractivity contribution in [3.63, 3.8) is 0 Å². The van der Waals surface area contributed by atoms with Gasteiger partial charge in [0, 0.05) is 5.56 Å². The van der Waals surface area contributed by atoms with Crippen molar-refractivity contribution >= 4 is 26.5 Å². The molecule has 13 heavy (non-hydrogen) atoms. The zero-order valence-electron chi connectivity index (χ0n) is 6.91. The van der Waals surface area contributed by atoms with Crippen molar-refractivity contribution in [1.82, 2.24) is 0 Å². The van der Waals surface area contributed by atoms with E-state index >= 15 is 0 Å². The molecule has 0 unspecified atom stereocenters. The highest BCUT2D eigenvalue weighted by atomic mass is 35.5. The first-order valence-corrected chi connectivity index (χ1v) is 5.62. The van der Waals surface area contributed by atoms with Crippen LogP contribution in [0.25, 0.3) is 5.03 Å². The minimum Gasteiger partial charge on any atom is -0.219 e. The predicted octanol–water partition coefficient (Wildman–Crippen LogP) is 2.40. The minimum absolute atomic E-state index is 0.246. The molecule has 0 atom stereocenters. The molecule has 2 rings (SSSR count). The standard InChI is InChI=1S/C9H7ClO2S/c1-6-9(10)7-4-2-3-5-8(7)13(6,11)12/h2-5H,1H3. The molecule has 1 heterocycles. The fourth-order valence-corrected chi connectivity index (χ4v) is 3.27. The number of allylic oxidation sites excluding steroid dienone is 1. The maximum absolute atomic E-state index is 11.7. The second-order valence-corrected chi connectivity index (χ2v) is 5.31. The van der Waals surface area contributed by atoms with Gasteiger partial charge in [-0.3, -0.25) is 0 Å². The number of benzene rings is 1. The van der Waals surface area contributed by atoms with Gasteiger partial charge in [0.25, 0.3) is 0 Å². The Morgan fingerprint density at radius 3 is 2.46 bits per heavy atom. The molecule has 0 bridgehead atoms. The zero-order chi connectivity index (χ0) is 9.64. The summed E-state index contributed by atoms with van der Waals surface area (Å²) in [6.07, 6.45) is 0. The Hall–Kier alpha value is -0.800. The molecule has 4 heteroatoms.